The Balaban J connectivity index is 2.19. The third-order valence-electron chi connectivity index (χ3n) is 3.66. The van der Waals surface area contributed by atoms with E-state index in [1.165, 1.54) is 62.7 Å². The van der Waals surface area contributed by atoms with E-state index in [0.717, 1.165) is 0 Å². The van der Waals surface area contributed by atoms with E-state index in [0.29, 0.717) is 0 Å². The molecule has 0 unspecified atom stereocenters. The predicted molar refractivity (Wildman–Crippen MR) is 89.4 cm³/mol. The van der Waals surface area contributed by atoms with E-state index >= 15 is 0 Å². The van der Waals surface area contributed by atoms with Crippen molar-refractivity contribution in [3.05, 3.63) is 35.4 Å². The predicted octanol–water partition coefficient (Wildman–Crippen LogP) is 3.46. The van der Waals surface area contributed by atoms with Crippen molar-refractivity contribution in [2.45, 2.75) is 38.5 Å². The van der Waals surface area contributed by atoms with Crippen LogP contribution >= 0.6 is 0 Å². The molecule has 0 aliphatic heterocycles. The highest BCUT2D eigenvalue weighted by atomic mass is 15.0. The van der Waals surface area contributed by atoms with E-state index in [2.05, 4.69) is 62.3 Å². The molecule has 0 aromatic heterocycles. The smallest absolute Gasteiger partial charge is 0.00247 e. The number of unbranched alkanes of at least 4 members (excludes halogenated alkanes) is 2. The molecule has 0 heterocycles. The van der Waals surface area contributed by atoms with Gasteiger partial charge in [-0.2, -0.15) is 0 Å². The first kappa shape index (κ1) is 17.2. The summed E-state index contributed by atoms with van der Waals surface area (Å²) in [5.74, 6) is 0. The summed E-state index contributed by atoms with van der Waals surface area (Å²) in [7, 11) is 8.58. The maximum atomic E-state index is 2.32. The summed E-state index contributed by atoms with van der Waals surface area (Å²) in [5.41, 5.74) is 2.97. The fourth-order valence-electron chi connectivity index (χ4n) is 2.39. The van der Waals surface area contributed by atoms with Gasteiger partial charge in [0.15, 0.2) is 0 Å². The van der Waals surface area contributed by atoms with Gasteiger partial charge in [-0.05, 0) is 90.9 Å². The summed E-state index contributed by atoms with van der Waals surface area (Å²) < 4.78 is 0. The van der Waals surface area contributed by atoms with Crippen molar-refractivity contribution in [2.24, 2.45) is 0 Å². The Labute approximate surface area is 125 Å². The number of rotatable bonds is 10. The Morgan fingerprint density at radius 3 is 1.25 bits per heavy atom. The second kappa shape index (κ2) is 9.95. The second-order valence-corrected chi connectivity index (χ2v) is 6.34. The molecule has 0 saturated heterocycles. The lowest BCUT2D eigenvalue weighted by Gasteiger charge is -2.10. The Bertz CT molecular complexity index is 306. The van der Waals surface area contributed by atoms with Crippen LogP contribution in [-0.2, 0) is 12.8 Å². The molecular formula is C18H32N2. The van der Waals surface area contributed by atoms with E-state index in [9.17, 15) is 0 Å². The maximum Gasteiger partial charge on any atom is -0.00247 e. The van der Waals surface area contributed by atoms with Crippen molar-refractivity contribution in [2.75, 3.05) is 41.3 Å². The van der Waals surface area contributed by atoms with Gasteiger partial charge in [0.25, 0.3) is 0 Å². The molecule has 0 saturated carbocycles. The fraction of sp³-hybridized carbons (Fsp3) is 0.667. The minimum Gasteiger partial charge on any atom is -0.309 e. The topological polar surface area (TPSA) is 6.48 Å². The molecule has 0 atom stereocenters. The molecule has 1 aromatic carbocycles. The van der Waals surface area contributed by atoms with Crippen molar-refractivity contribution >= 4 is 0 Å². The largest absolute Gasteiger partial charge is 0.309 e. The van der Waals surface area contributed by atoms with Crippen LogP contribution in [0.3, 0.4) is 0 Å². The van der Waals surface area contributed by atoms with Crippen molar-refractivity contribution in [1.29, 1.82) is 0 Å². The zero-order valence-electron chi connectivity index (χ0n) is 13.9. The molecule has 2 nitrogen and oxygen atoms in total. The average Bonchev–Trinajstić information content (AvgIpc) is 2.41. The molecule has 20 heavy (non-hydrogen) atoms. The van der Waals surface area contributed by atoms with E-state index in [1.807, 2.05) is 0 Å². The minimum absolute atomic E-state index is 1.20. The summed E-state index contributed by atoms with van der Waals surface area (Å²) in [6.07, 6.45) is 7.60. The molecule has 0 N–H and O–H groups in total. The van der Waals surface area contributed by atoms with E-state index < -0.39 is 0 Å². The standard InChI is InChI=1S/C18H32N2/c1-19(2)15-7-5-9-17-11-13-18(14-12-17)10-6-8-16-20(3)4/h11-14H,5-10,15-16H2,1-4H3. The Morgan fingerprint density at radius 1 is 0.600 bits per heavy atom. The minimum atomic E-state index is 1.20. The lowest BCUT2D eigenvalue weighted by atomic mass is 10.0. The number of hydrogen-bond acceptors (Lipinski definition) is 2. The van der Waals surface area contributed by atoms with Crippen LogP contribution in [0.25, 0.3) is 0 Å². The third kappa shape index (κ3) is 8.34. The molecule has 0 aliphatic rings. The third-order valence-corrected chi connectivity index (χ3v) is 3.66. The molecule has 0 bridgehead atoms. The highest BCUT2D eigenvalue weighted by Gasteiger charge is 1.98. The Hall–Kier alpha value is -0.860. The van der Waals surface area contributed by atoms with Crippen LogP contribution in [0.2, 0.25) is 0 Å². The Morgan fingerprint density at radius 2 is 0.950 bits per heavy atom. The first-order chi connectivity index (χ1) is 9.58. The quantitative estimate of drug-likeness (QED) is 0.604. The van der Waals surface area contributed by atoms with Gasteiger partial charge in [0, 0.05) is 0 Å². The lowest BCUT2D eigenvalue weighted by Crippen LogP contribution is -2.13. The number of hydrogen-bond donors (Lipinski definition) is 0. The Kier molecular flexibility index (Phi) is 8.56. The van der Waals surface area contributed by atoms with Gasteiger partial charge in [-0.25, -0.2) is 0 Å². The van der Waals surface area contributed by atoms with Crippen LogP contribution in [0, 0.1) is 0 Å². The molecule has 0 radical (unpaired) electrons. The van der Waals surface area contributed by atoms with E-state index in [-0.39, 0.29) is 0 Å². The zero-order chi connectivity index (χ0) is 14.8. The molecule has 1 aromatic rings. The fourth-order valence-corrected chi connectivity index (χ4v) is 2.39. The zero-order valence-corrected chi connectivity index (χ0v) is 13.9. The molecule has 114 valence electrons. The van der Waals surface area contributed by atoms with Crippen LogP contribution in [0.1, 0.15) is 36.8 Å². The monoisotopic (exact) mass is 276 g/mol. The van der Waals surface area contributed by atoms with Crippen molar-refractivity contribution in [3.8, 4) is 0 Å². The summed E-state index contributed by atoms with van der Waals surface area (Å²) in [4.78, 5) is 4.52. The maximum absolute atomic E-state index is 2.32. The van der Waals surface area contributed by atoms with Gasteiger partial charge < -0.3 is 9.80 Å². The second-order valence-electron chi connectivity index (χ2n) is 6.34. The van der Waals surface area contributed by atoms with E-state index in [1.54, 1.807) is 0 Å². The van der Waals surface area contributed by atoms with Gasteiger partial charge in [0.1, 0.15) is 0 Å². The summed E-state index contributed by atoms with van der Waals surface area (Å²) in [6.45, 7) is 2.40. The van der Waals surface area contributed by atoms with E-state index in [4.69, 9.17) is 0 Å². The first-order valence-corrected chi connectivity index (χ1v) is 7.95. The van der Waals surface area contributed by atoms with Gasteiger partial charge in [-0.15, -0.1) is 0 Å². The normalized spacial score (nSPS) is 11.5. The number of nitrogens with zero attached hydrogens (tertiary/aromatic N) is 2. The molecule has 1 rings (SSSR count). The average molecular weight is 276 g/mol. The van der Waals surface area contributed by atoms with Gasteiger partial charge in [0.2, 0.25) is 0 Å². The number of benzene rings is 1. The van der Waals surface area contributed by atoms with Gasteiger partial charge in [-0.3, -0.25) is 0 Å². The first-order valence-electron chi connectivity index (χ1n) is 7.95. The molecule has 0 amide bonds. The van der Waals surface area contributed by atoms with Crippen LogP contribution < -0.4 is 0 Å². The van der Waals surface area contributed by atoms with Crippen LogP contribution in [-0.4, -0.2) is 51.1 Å². The highest BCUT2D eigenvalue weighted by Crippen LogP contribution is 2.10. The summed E-state index contributed by atoms with van der Waals surface area (Å²) in [6, 6.07) is 9.27. The molecule has 0 aliphatic carbocycles. The van der Waals surface area contributed by atoms with Gasteiger partial charge >= 0.3 is 0 Å². The molecule has 0 spiro atoms. The summed E-state index contributed by atoms with van der Waals surface area (Å²) in [5, 5.41) is 0. The van der Waals surface area contributed by atoms with Gasteiger partial charge in [0.05, 0.1) is 0 Å². The van der Waals surface area contributed by atoms with Gasteiger partial charge in [-0.1, -0.05) is 24.3 Å². The SMILES string of the molecule is CN(C)CCCCc1ccc(CCCCN(C)C)cc1. The van der Waals surface area contributed by atoms with Crippen molar-refractivity contribution in [3.63, 3.8) is 0 Å². The lowest BCUT2D eigenvalue weighted by molar-refractivity contribution is 0.394. The van der Waals surface area contributed by atoms with Crippen LogP contribution in [0.5, 0.6) is 0 Å². The number of aryl methyl sites for hydroxylation is 2. The molecule has 2 heteroatoms. The molecular weight excluding hydrogens is 244 g/mol. The van der Waals surface area contributed by atoms with Crippen molar-refractivity contribution < 1.29 is 0 Å². The van der Waals surface area contributed by atoms with Crippen LogP contribution in [0.4, 0.5) is 0 Å². The molecule has 0 fully saturated rings. The summed E-state index contributed by atoms with van der Waals surface area (Å²) >= 11 is 0. The highest BCUT2D eigenvalue weighted by molar-refractivity contribution is 5.22. The van der Waals surface area contributed by atoms with Crippen molar-refractivity contribution in [1.82, 2.24) is 9.80 Å². The van der Waals surface area contributed by atoms with Crippen LogP contribution in [0.15, 0.2) is 24.3 Å².